The number of benzene rings is 1. The maximum Gasteiger partial charge on any atom is 0.228 e. The Morgan fingerprint density at radius 3 is 2.59 bits per heavy atom. The minimum atomic E-state index is -3.07. The standard InChI is InChI=1S/C19H25FN2O4S/c1-2-22(17-8-10-27(25,26)13-17)19(24)15-11-18(23)21(12-15)9-7-14-3-5-16(20)6-4-14/h3-6,15,17H,2,7-13H2,1H3. The molecule has 2 fully saturated rings. The minimum absolute atomic E-state index is 0.0154. The minimum Gasteiger partial charge on any atom is -0.342 e. The molecule has 27 heavy (non-hydrogen) atoms. The largest absolute Gasteiger partial charge is 0.342 e. The number of halogens is 1. The summed E-state index contributed by atoms with van der Waals surface area (Å²) in [7, 11) is -3.07. The number of sulfone groups is 1. The fourth-order valence-electron chi connectivity index (χ4n) is 3.92. The topological polar surface area (TPSA) is 74.8 Å². The Morgan fingerprint density at radius 2 is 2.00 bits per heavy atom. The van der Waals surface area contributed by atoms with Crippen molar-refractivity contribution in [3.63, 3.8) is 0 Å². The van der Waals surface area contributed by atoms with E-state index in [2.05, 4.69) is 0 Å². The number of carbonyl (C=O) groups is 2. The predicted molar refractivity (Wildman–Crippen MR) is 99.2 cm³/mol. The van der Waals surface area contributed by atoms with Gasteiger partial charge in [0.05, 0.1) is 17.4 Å². The first kappa shape index (κ1) is 19.8. The average Bonchev–Trinajstić information content (AvgIpc) is 3.17. The normalized spacial score (nSPS) is 24.4. The van der Waals surface area contributed by atoms with Gasteiger partial charge in [-0.05, 0) is 37.5 Å². The van der Waals surface area contributed by atoms with E-state index in [0.717, 1.165) is 5.56 Å². The van der Waals surface area contributed by atoms with Crippen LogP contribution in [-0.2, 0) is 25.8 Å². The Kier molecular flexibility index (Phi) is 5.83. The van der Waals surface area contributed by atoms with Crippen molar-refractivity contribution in [2.45, 2.75) is 32.2 Å². The SMILES string of the molecule is CCN(C(=O)C1CC(=O)N(CCc2ccc(F)cc2)C1)C1CCS(=O)(=O)C1. The van der Waals surface area contributed by atoms with E-state index in [0.29, 0.717) is 32.5 Å². The van der Waals surface area contributed by atoms with Crippen LogP contribution in [0.5, 0.6) is 0 Å². The van der Waals surface area contributed by atoms with Crippen molar-refractivity contribution >= 4 is 21.7 Å². The number of hydrogen-bond donors (Lipinski definition) is 0. The quantitative estimate of drug-likeness (QED) is 0.725. The summed E-state index contributed by atoms with van der Waals surface area (Å²) in [6.45, 7) is 3.12. The van der Waals surface area contributed by atoms with Crippen LogP contribution in [0.25, 0.3) is 0 Å². The number of rotatable bonds is 6. The van der Waals surface area contributed by atoms with Crippen molar-refractivity contribution in [3.05, 3.63) is 35.6 Å². The second kappa shape index (κ2) is 7.96. The van der Waals surface area contributed by atoms with Crippen LogP contribution >= 0.6 is 0 Å². The molecular weight excluding hydrogens is 371 g/mol. The monoisotopic (exact) mass is 396 g/mol. The first-order valence-corrected chi connectivity index (χ1v) is 11.1. The van der Waals surface area contributed by atoms with Crippen molar-refractivity contribution in [2.24, 2.45) is 5.92 Å². The third kappa shape index (κ3) is 4.66. The number of amides is 2. The molecule has 2 saturated heterocycles. The van der Waals surface area contributed by atoms with Crippen LogP contribution in [0.3, 0.4) is 0 Å². The van der Waals surface area contributed by atoms with Crippen molar-refractivity contribution in [2.75, 3.05) is 31.1 Å². The van der Waals surface area contributed by atoms with Gasteiger partial charge in [-0.15, -0.1) is 0 Å². The van der Waals surface area contributed by atoms with Crippen LogP contribution in [0.2, 0.25) is 0 Å². The van der Waals surface area contributed by atoms with E-state index in [1.165, 1.54) is 12.1 Å². The molecule has 2 atom stereocenters. The Morgan fingerprint density at radius 1 is 1.30 bits per heavy atom. The fourth-order valence-corrected chi connectivity index (χ4v) is 5.65. The molecule has 1 aromatic rings. The smallest absolute Gasteiger partial charge is 0.228 e. The van der Waals surface area contributed by atoms with E-state index >= 15 is 0 Å². The molecule has 2 aliphatic rings. The zero-order chi connectivity index (χ0) is 19.6. The van der Waals surface area contributed by atoms with Gasteiger partial charge in [-0.2, -0.15) is 0 Å². The highest BCUT2D eigenvalue weighted by atomic mass is 32.2. The summed E-state index contributed by atoms with van der Waals surface area (Å²) in [5.74, 6) is -0.775. The molecule has 0 aromatic heterocycles. The lowest BCUT2D eigenvalue weighted by atomic mass is 10.1. The van der Waals surface area contributed by atoms with E-state index in [4.69, 9.17) is 0 Å². The molecule has 2 aliphatic heterocycles. The van der Waals surface area contributed by atoms with Crippen molar-refractivity contribution < 1.29 is 22.4 Å². The fraction of sp³-hybridized carbons (Fsp3) is 0.579. The summed E-state index contributed by atoms with van der Waals surface area (Å²) in [6, 6.07) is 5.89. The first-order valence-electron chi connectivity index (χ1n) is 9.32. The highest BCUT2D eigenvalue weighted by Crippen LogP contribution is 2.25. The third-order valence-corrected chi connectivity index (χ3v) is 7.17. The molecule has 0 N–H and O–H groups in total. The van der Waals surface area contributed by atoms with E-state index in [-0.39, 0.29) is 41.6 Å². The summed E-state index contributed by atoms with van der Waals surface area (Å²) in [5.41, 5.74) is 0.935. The van der Waals surface area contributed by atoms with Gasteiger partial charge < -0.3 is 9.80 Å². The molecule has 1 aromatic carbocycles. The lowest BCUT2D eigenvalue weighted by molar-refractivity contribution is -0.137. The second-order valence-corrected chi connectivity index (χ2v) is 9.53. The van der Waals surface area contributed by atoms with Crippen LogP contribution in [0.4, 0.5) is 4.39 Å². The summed E-state index contributed by atoms with van der Waals surface area (Å²) < 4.78 is 36.4. The van der Waals surface area contributed by atoms with Gasteiger partial charge in [0.2, 0.25) is 11.8 Å². The van der Waals surface area contributed by atoms with Crippen LogP contribution in [0.15, 0.2) is 24.3 Å². The van der Waals surface area contributed by atoms with Gasteiger partial charge in [-0.25, -0.2) is 12.8 Å². The Labute approximate surface area is 159 Å². The molecule has 148 valence electrons. The average molecular weight is 396 g/mol. The third-order valence-electron chi connectivity index (χ3n) is 5.42. The van der Waals surface area contributed by atoms with E-state index < -0.39 is 15.8 Å². The van der Waals surface area contributed by atoms with Crippen molar-refractivity contribution in [1.29, 1.82) is 0 Å². The van der Waals surface area contributed by atoms with Crippen LogP contribution in [-0.4, -0.2) is 67.2 Å². The molecule has 2 amide bonds. The van der Waals surface area contributed by atoms with Gasteiger partial charge in [0, 0.05) is 32.1 Å². The summed E-state index contributed by atoms with van der Waals surface area (Å²) in [5, 5.41) is 0. The van der Waals surface area contributed by atoms with Gasteiger partial charge >= 0.3 is 0 Å². The summed E-state index contributed by atoms with van der Waals surface area (Å²) in [6.07, 6.45) is 1.24. The number of likely N-dealkylation sites (tertiary alicyclic amines) is 1. The Hall–Kier alpha value is -1.96. The molecule has 2 unspecified atom stereocenters. The molecule has 6 nitrogen and oxygen atoms in total. The zero-order valence-electron chi connectivity index (χ0n) is 15.4. The molecule has 8 heteroatoms. The van der Waals surface area contributed by atoms with E-state index in [1.54, 1.807) is 21.9 Å². The maximum atomic E-state index is 13.0. The Balaban J connectivity index is 1.58. The van der Waals surface area contributed by atoms with Crippen molar-refractivity contribution in [3.8, 4) is 0 Å². The van der Waals surface area contributed by atoms with Gasteiger partial charge in [0.15, 0.2) is 9.84 Å². The molecule has 0 bridgehead atoms. The highest BCUT2D eigenvalue weighted by Gasteiger charge is 2.40. The van der Waals surface area contributed by atoms with Gasteiger partial charge in [0.25, 0.3) is 0 Å². The molecule has 3 rings (SSSR count). The predicted octanol–water partition coefficient (Wildman–Crippen LogP) is 1.25. The number of nitrogens with zero attached hydrogens (tertiary/aromatic N) is 2. The van der Waals surface area contributed by atoms with Gasteiger partial charge in [-0.1, -0.05) is 12.1 Å². The van der Waals surface area contributed by atoms with Crippen molar-refractivity contribution in [1.82, 2.24) is 9.80 Å². The highest BCUT2D eigenvalue weighted by molar-refractivity contribution is 7.91. The van der Waals surface area contributed by atoms with Crippen LogP contribution in [0.1, 0.15) is 25.3 Å². The lowest BCUT2D eigenvalue weighted by Gasteiger charge is -2.29. The Bertz CT molecular complexity index is 810. The molecule has 0 radical (unpaired) electrons. The zero-order valence-corrected chi connectivity index (χ0v) is 16.3. The molecule has 2 heterocycles. The summed E-state index contributed by atoms with van der Waals surface area (Å²) >= 11 is 0. The van der Waals surface area contributed by atoms with Crippen LogP contribution in [0, 0.1) is 11.7 Å². The first-order chi connectivity index (χ1) is 12.8. The number of carbonyl (C=O) groups excluding carboxylic acids is 2. The molecular formula is C19H25FN2O4S. The number of hydrogen-bond acceptors (Lipinski definition) is 4. The second-order valence-electron chi connectivity index (χ2n) is 7.30. The molecule has 0 spiro atoms. The molecule has 0 saturated carbocycles. The van der Waals surface area contributed by atoms with Crippen LogP contribution < -0.4 is 0 Å². The van der Waals surface area contributed by atoms with E-state index in [9.17, 15) is 22.4 Å². The van der Waals surface area contributed by atoms with Gasteiger partial charge in [-0.3, -0.25) is 9.59 Å². The lowest BCUT2D eigenvalue weighted by Crippen LogP contribution is -2.44. The van der Waals surface area contributed by atoms with E-state index in [1.807, 2.05) is 6.92 Å². The van der Waals surface area contributed by atoms with Gasteiger partial charge in [0.1, 0.15) is 5.82 Å². The summed E-state index contributed by atoms with van der Waals surface area (Å²) in [4.78, 5) is 28.5. The maximum absolute atomic E-state index is 13.0. The molecule has 0 aliphatic carbocycles.